The molecule has 1 aromatic rings. The molecule has 1 fully saturated rings. The van der Waals surface area contributed by atoms with Gasteiger partial charge in [0, 0.05) is 51.2 Å². The second-order valence-corrected chi connectivity index (χ2v) is 7.57. The van der Waals surface area contributed by atoms with Gasteiger partial charge in [-0.05, 0) is 36.5 Å². The summed E-state index contributed by atoms with van der Waals surface area (Å²) in [5.41, 5.74) is 1.62. The minimum absolute atomic E-state index is 0.272. The SMILES string of the molecule is CC[C@@H](C)N(Cc1ccncc1)CC(C)(C)CN1CCOCC1. The molecular weight excluding hydrogens is 286 g/mol. The quantitative estimate of drug-likeness (QED) is 0.736. The van der Waals surface area contributed by atoms with Crippen molar-refractivity contribution in [3.8, 4) is 0 Å². The Balaban J connectivity index is 1.97. The third-order valence-electron chi connectivity index (χ3n) is 4.74. The smallest absolute Gasteiger partial charge is 0.0594 e. The van der Waals surface area contributed by atoms with Crippen molar-refractivity contribution in [3.63, 3.8) is 0 Å². The van der Waals surface area contributed by atoms with Gasteiger partial charge in [-0.25, -0.2) is 0 Å². The molecule has 0 saturated carbocycles. The van der Waals surface area contributed by atoms with Crippen LogP contribution in [0.3, 0.4) is 0 Å². The molecule has 0 amide bonds. The number of hydrogen-bond acceptors (Lipinski definition) is 4. The fourth-order valence-electron chi connectivity index (χ4n) is 3.31. The number of aromatic nitrogens is 1. The zero-order chi connectivity index (χ0) is 16.7. The van der Waals surface area contributed by atoms with Gasteiger partial charge in [-0.15, -0.1) is 0 Å². The highest BCUT2D eigenvalue weighted by molar-refractivity contribution is 5.09. The first kappa shape index (κ1) is 18.4. The Morgan fingerprint density at radius 3 is 2.52 bits per heavy atom. The summed E-state index contributed by atoms with van der Waals surface area (Å²) in [4.78, 5) is 9.30. The minimum Gasteiger partial charge on any atom is -0.379 e. The predicted octanol–water partition coefficient (Wildman–Crippen LogP) is 3.04. The van der Waals surface area contributed by atoms with Crippen LogP contribution in [0.25, 0.3) is 0 Å². The van der Waals surface area contributed by atoms with Crippen LogP contribution < -0.4 is 0 Å². The number of morpholine rings is 1. The van der Waals surface area contributed by atoms with E-state index in [0.717, 1.165) is 45.9 Å². The van der Waals surface area contributed by atoms with Crippen LogP contribution in [-0.4, -0.2) is 60.2 Å². The first-order chi connectivity index (χ1) is 11.0. The molecule has 1 aliphatic heterocycles. The van der Waals surface area contributed by atoms with Crippen LogP contribution in [0.4, 0.5) is 0 Å². The van der Waals surface area contributed by atoms with Gasteiger partial charge >= 0.3 is 0 Å². The van der Waals surface area contributed by atoms with Crippen LogP contribution in [-0.2, 0) is 11.3 Å². The molecule has 2 rings (SSSR count). The van der Waals surface area contributed by atoms with Crippen molar-refractivity contribution in [2.75, 3.05) is 39.4 Å². The van der Waals surface area contributed by atoms with Gasteiger partial charge in [0.15, 0.2) is 0 Å². The number of pyridine rings is 1. The van der Waals surface area contributed by atoms with Crippen molar-refractivity contribution in [1.29, 1.82) is 0 Å². The van der Waals surface area contributed by atoms with Gasteiger partial charge in [-0.3, -0.25) is 14.8 Å². The molecule has 4 nitrogen and oxygen atoms in total. The van der Waals surface area contributed by atoms with Gasteiger partial charge in [-0.1, -0.05) is 20.8 Å². The van der Waals surface area contributed by atoms with Crippen molar-refractivity contribution in [3.05, 3.63) is 30.1 Å². The highest BCUT2D eigenvalue weighted by Gasteiger charge is 2.27. The Labute approximate surface area is 141 Å². The molecule has 4 heteroatoms. The molecule has 0 aliphatic carbocycles. The summed E-state index contributed by atoms with van der Waals surface area (Å²) in [6, 6.07) is 4.85. The fraction of sp³-hybridized carbons (Fsp3) is 0.737. The van der Waals surface area contributed by atoms with E-state index in [2.05, 4.69) is 54.6 Å². The molecule has 0 N–H and O–H groups in total. The molecular formula is C19H33N3O. The molecule has 0 spiro atoms. The number of hydrogen-bond donors (Lipinski definition) is 0. The minimum atomic E-state index is 0.272. The summed E-state index contributed by atoms with van der Waals surface area (Å²) >= 11 is 0. The third-order valence-corrected chi connectivity index (χ3v) is 4.74. The summed E-state index contributed by atoms with van der Waals surface area (Å²) in [6.07, 6.45) is 4.96. The van der Waals surface area contributed by atoms with Gasteiger partial charge in [-0.2, -0.15) is 0 Å². The van der Waals surface area contributed by atoms with Gasteiger partial charge in [0.2, 0.25) is 0 Å². The van der Waals surface area contributed by atoms with Crippen molar-refractivity contribution in [1.82, 2.24) is 14.8 Å². The van der Waals surface area contributed by atoms with Crippen LogP contribution in [0.5, 0.6) is 0 Å². The van der Waals surface area contributed by atoms with Gasteiger partial charge in [0.25, 0.3) is 0 Å². The zero-order valence-corrected chi connectivity index (χ0v) is 15.3. The van der Waals surface area contributed by atoms with E-state index in [1.807, 2.05) is 12.4 Å². The third kappa shape index (κ3) is 6.21. The first-order valence-corrected chi connectivity index (χ1v) is 8.93. The van der Waals surface area contributed by atoms with E-state index >= 15 is 0 Å². The lowest BCUT2D eigenvalue weighted by atomic mass is 9.90. The number of nitrogens with zero attached hydrogens (tertiary/aromatic N) is 3. The molecule has 1 atom stereocenters. The Morgan fingerprint density at radius 2 is 1.91 bits per heavy atom. The Hall–Kier alpha value is -0.970. The second-order valence-electron chi connectivity index (χ2n) is 7.57. The van der Waals surface area contributed by atoms with E-state index in [9.17, 15) is 0 Å². The number of rotatable bonds is 8. The lowest BCUT2D eigenvalue weighted by molar-refractivity contribution is 0.0113. The molecule has 0 bridgehead atoms. The van der Waals surface area contributed by atoms with Gasteiger partial charge in [0.1, 0.15) is 0 Å². The van der Waals surface area contributed by atoms with Crippen LogP contribution in [0, 0.1) is 5.41 Å². The van der Waals surface area contributed by atoms with Crippen molar-refractivity contribution >= 4 is 0 Å². The van der Waals surface area contributed by atoms with E-state index in [-0.39, 0.29) is 5.41 Å². The Bertz CT molecular complexity index is 443. The first-order valence-electron chi connectivity index (χ1n) is 8.93. The van der Waals surface area contributed by atoms with Crippen LogP contribution in [0.15, 0.2) is 24.5 Å². The summed E-state index contributed by atoms with van der Waals surface area (Å²) < 4.78 is 5.47. The molecule has 0 aromatic carbocycles. The Morgan fingerprint density at radius 1 is 1.26 bits per heavy atom. The molecule has 23 heavy (non-hydrogen) atoms. The fourth-order valence-corrected chi connectivity index (χ4v) is 3.31. The van der Waals surface area contributed by atoms with Crippen LogP contribution in [0.1, 0.15) is 39.7 Å². The molecule has 2 heterocycles. The number of ether oxygens (including phenoxy) is 1. The zero-order valence-electron chi connectivity index (χ0n) is 15.3. The van der Waals surface area contributed by atoms with E-state index in [1.165, 1.54) is 12.0 Å². The molecule has 130 valence electrons. The van der Waals surface area contributed by atoms with Crippen molar-refractivity contribution in [2.24, 2.45) is 5.41 Å². The van der Waals surface area contributed by atoms with Crippen LogP contribution in [0.2, 0.25) is 0 Å². The molecule has 1 aromatic heterocycles. The molecule has 0 unspecified atom stereocenters. The highest BCUT2D eigenvalue weighted by Crippen LogP contribution is 2.23. The average Bonchev–Trinajstić information content (AvgIpc) is 2.54. The standard InChI is InChI=1S/C19H33N3O/c1-5-17(2)22(14-18-6-8-20-9-7-18)16-19(3,4)15-21-10-12-23-13-11-21/h6-9,17H,5,10-16H2,1-4H3/t17-/m1/s1. The lowest BCUT2D eigenvalue weighted by Gasteiger charge is -2.40. The Kier molecular flexibility index (Phi) is 7.00. The highest BCUT2D eigenvalue weighted by atomic mass is 16.5. The van der Waals surface area contributed by atoms with Crippen molar-refractivity contribution in [2.45, 2.75) is 46.7 Å². The lowest BCUT2D eigenvalue weighted by Crippen LogP contribution is -2.47. The van der Waals surface area contributed by atoms with E-state index < -0.39 is 0 Å². The largest absolute Gasteiger partial charge is 0.379 e. The van der Waals surface area contributed by atoms with Crippen molar-refractivity contribution < 1.29 is 4.74 Å². The normalized spacial score (nSPS) is 18.3. The summed E-state index contributed by atoms with van der Waals surface area (Å²) in [5.74, 6) is 0. The molecule has 0 radical (unpaired) electrons. The summed E-state index contributed by atoms with van der Waals surface area (Å²) in [7, 11) is 0. The monoisotopic (exact) mass is 319 g/mol. The molecule has 1 aliphatic rings. The topological polar surface area (TPSA) is 28.6 Å². The maximum atomic E-state index is 5.47. The average molecular weight is 319 g/mol. The maximum Gasteiger partial charge on any atom is 0.0594 e. The maximum absolute atomic E-state index is 5.47. The molecule has 1 saturated heterocycles. The second kappa shape index (κ2) is 8.76. The van der Waals surface area contributed by atoms with Crippen LogP contribution >= 0.6 is 0 Å². The van der Waals surface area contributed by atoms with E-state index in [1.54, 1.807) is 0 Å². The van der Waals surface area contributed by atoms with E-state index in [0.29, 0.717) is 6.04 Å². The summed E-state index contributed by atoms with van der Waals surface area (Å²) in [5, 5.41) is 0. The predicted molar refractivity (Wildman–Crippen MR) is 95.4 cm³/mol. The van der Waals surface area contributed by atoms with E-state index in [4.69, 9.17) is 4.74 Å². The van der Waals surface area contributed by atoms with Gasteiger partial charge < -0.3 is 4.74 Å². The van der Waals surface area contributed by atoms with Gasteiger partial charge in [0.05, 0.1) is 13.2 Å². The summed E-state index contributed by atoms with van der Waals surface area (Å²) in [6.45, 7) is 16.5.